The van der Waals surface area contributed by atoms with Crippen molar-refractivity contribution in [1.29, 1.82) is 0 Å². The summed E-state index contributed by atoms with van der Waals surface area (Å²) < 4.78 is 12.8. The van der Waals surface area contributed by atoms with Gasteiger partial charge in [0.25, 0.3) is 0 Å². The molecule has 0 radical (unpaired) electrons. The molecule has 3 rings (SSSR count). The molecule has 94 valence electrons. The number of H-pyrrole nitrogens is 1. The number of nitrogens with one attached hydrogen (secondary N) is 1. The van der Waals surface area contributed by atoms with Gasteiger partial charge in [0.05, 0.1) is 11.0 Å². The van der Waals surface area contributed by atoms with Gasteiger partial charge in [-0.15, -0.1) is 0 Å². The Labute approximate surface area is 112 Å². The molecule has 0 atom stereocenters. The van der Waals surface area contributed by atoms with Crippen LogP contribution in [0.3, 0.4) is 0 Å². The van der Waals surface area contributed by atoms with Crippen molar-refractivity contribution in [2.45, 2.75) is 5.16 Å². The number of nitrogens with zero attached hydrogens (tertiary/aromatic N) is 1. The van der Waals surface area contributed by atoms with E-state index < -0.39 is 0 Å². The highest BCUT2D eigenvalue weighted by Crippen LogP contribution is 2.23. The third kappa shape index (κ3) is 2.51. The zero-order chi connectivity index (χ0) is 13.2. The van der Waals surface area contributed by atoms with Crippen molar-refractivity contribution in [3.63, 3.8) is 0 Å². The van der Waals surface area contributed by atoms with Gasteiger partial charge < -0.3 is 4.98 Å². The maximum atomic E-state index is 12.8. The number of rotatable bonds is 2. The molecule has 3 aromatic rings. The standard InChI is InChI=1S/C14H9FN2OS/c15-10-7-5-9(6-8-10)13(18)19-14-16-11-3-1-2-4-12(11)17-14/h1-8H,(H,16,17). The van der Waals surface area contributed by atoms with E-state index in [1.54, 1.807) is 0 Å². The van der Waals surface area contributed by atoms with Crippen LogP contribution in [0.5, 0.6) is 0 Å². The Balaban J connectivity index is 1.84. The van der Waals surface area contributed by atoms with Crippen molar-refractivity contribution in [3.8, 4) is 0 Å². The summed E-state index contributed by atoms with van der Waals surface area (Å²) in [5.74, 6) is -0.356. The van der Waals surface area contributed by atoms with Gasteiger partial charge in [-0.05, 0) is 48.2 Å². The number of carbonyl (C=O) groups excluding carboxylic acids is 1. The molecule has 19 heavy (non-hydrogen) atoms. The van der Waals surface area contributed by atoms with Gasteiger partial charge in [-0.3, -0.25) is 4.79 Å². The van der Waals surface area contributed by atoms with Gasteiger partial charge in [0.2, 0.25) is 5.12 Å². The van der Waals surface area contributed by atoms with Crippen LogP contribution >= 0.6 is 11.8 Å². The van der Waals surface area contributed by atoms with Crippen LogP contribution in [0.25, 0.3) is 11.0 Å². The molecule has 0 unspecified atom stereocenters. The first-order valence-corrected chi connectivity index (χ1v) is 6.46. The molecule has 1 aromatic heterocycles. The summed E-state index contributed by atoms with van der Waals surface area (Å²) in [7, 11) is 0. The lowest BCUT2D eigenvalue weighted by atomic mass is 10.2. The van der Waals surface area contributed by atoms with E-state index >= 15 is 0 Å². The highest BCUT2D eigenvalue weighted by Gasteiger charge is 2.11. The molecule has 1 heterocycles. The van der Waals surface area contributed by atoms with Crippen LogP contribution < -0.4 is 0 Å². The van der Waals surface area contributed by atoms with Crippen molar-refractivity contribution in [2.75, 3.05) is 0 Å². The number of para-hydroxylation sites is 2. The van der Waals surface area contributed by atoms with E-state index in [0.717, 1.165) is 22.8 Å². The van der Waals surface area contributed by atoms with Crippen molar-refractivity contribution in [2.24, 2.45) is 0 Å². The Hall–Kier alpha value is -2.14. The number of halogens is 1. The largest absolute Gasteiger partial charge is 0.333 e. The van der Waals surface area contributed by atoms with Crippen molar-refractivity contribution < 1.29 is 9.18 Å². The lowest BCUT2D eigenvalue weighted by Crippen LogP contribution is -1.93. The molecule has 0 aliphatic rings. The zero-order valence-electron chi connectivity index (χ0n) is 9.76. The third-order valence-corrected chi connectivity index (χ3v) is 3.44. The fraction of sp³-hybridized carbons (Fsp3) is 0. The number of fused-ring (bicyclic) bond motifs is 1. The predicted molar refractivity (Wildman–Crippen MR) is 72.7 cm³/mol. The normalized spacial score (nSPS) is 10.8. The molecular weight excluding hydrogens is 263 g/mol. The number of aromatic nitrogens is 2. The first-order chi connectivity index (χ1) is 9.22. The lowest BCUT2D eigenvalue weighted by molar-refractivity contribution is 0.108. The molecule has 0 aliphatic carbocycles. The number of carbonyl (C=O) groups is 1. The molecule has 0 aliphatic heterocycles. The Bertz CT molecular complexity index is 704. The van der Waals surface area contributed by atoms with Gasteiger partial charge in [0.15, 0.2) is 5.16 Å². The second-order valence-electron chi connectivity index (χ2n) is 3.96. The van der Waals surface area contributed by atoms with E-state index in [1.807, 2.05) is 24.3 Å². The van der Waals surface area contributed by atoms with Crippen LogP contribution in [0.1, 0.15) is 10.4 Å². The smallest absolute Gasteiger partial charge is 0.227 e. The van der Waals surface area contributed by atoms with Gasteiger partial charge in [0, 0.05) is 5.56 Å². The molecule has 0 fully saturated rings. The van der Waals surface area contributed by atoms with E-state index in [0.29, 0.717) is 10.7 Å². The SMILES string of the molecule is O=C(Sc1nc2ccccc2[nH]1)c1ccc(F)cc1. The molecule has 0 bridgehead atoms. The first kappa shape index (κ1) is 11.9. The first-order valence-electron chi connectivity index (χ1n) is 5.65. The van der Waals surface area contributed by atoms with Crippen molar-refractivity contribution >= 4 is 27.9 Å². The average molecular weight is 272 g/mol. The fourth-order valence-electron chi connectivity index (χ4n) is 1.71. The van der Waals surface area contributed by atoms with Gasteiger partial charge in [-0.1, -0.05) is 12.1 Å². The van der Waals surface area contributed by atoms with Crippen molar-refractivity contribution in [3.05, 3.63) is 59.9 Å². The molecule has 0 spiro atoms. The second kappa shape index (κ2) is 4.85. The van der Waals surface area contributed by atoms with E-state index in [-0.39, 0.29) is 10.9 Å². The molecule has 0 saturated carbocycles. The predicted octanol–water partition coefficient (Wildman–Crippen LogP) is 3.63. The van der Waals surface area contributed by atoms with Crippen LogP contribution in [-0.2, 0) is 0 Å². The van der Waals surface area contributed by atoms with Crippen LogP contribution in [0, 0.1) is 5.82 Å². The van der Waals surface area contributed by atoms with E-state index in [4.69, 9.17) is 0 Å². The van der Waals surface area contributed by atoms with E-state index in [1.165, 1.54) is 24.3 Å². The zero-order valence-corrected chi connectivity index (χ0v) is 10.6. The molecule has 0 amide bonds. The number of imidazole rings is 1. The monoisotopic (exact) mass is 272 g/mol. The van der Waals surface area contributed by atoms with Crippen LogP contribution in [0.2, 0.25) is 0 Å². The summed E-state index contributed by atoms with van der Waals surface area (Å²) in [4.78, 5) is 19.4. The summed E-state index contributed by atoms with van der Waals surface area (Å²) >= 11 is 1.00. The summed E-state index contributed by atoms with van der Waals surface area (Å²) in [5.41, 5.74) is 2.15. The fourth-order valence-corrected chi connectivity index (χ4v) is 2.44. The van der Waals surface area contributed by atoms with Gasteiger partial charge in [0.1, 0.15) is 5.82 Å². The van der Waals surface area contributed by atoms with Crippen LogP contribution in [0.4, 0.5) is 4.39 Å². The Morgan fingerprint density at radius 2 is 1.84 bits per heavy atom. The Kier molecular flexibility index (Phi) is 3.05. The number of thioether (sulfide) groups is 1. The minimum atomic E-state index is -0.356. The molecule has 1 N–H and O–H groups in total. The van der Waals surface area contributed by atoms with Gasteiger partial charge in [-0.2, -0.15) is 0 Å². The summed E-state index contributed by atoms with van der Waals surface area (Å²) in [6, 6.07) is 13.0. The third-order valence-electron chi connectivity index (χ3n) is 2.64. The van der Waals surface area contributed by atoms with E-state index in [2.05, 4.69) is 9.97 Å². The molecule has 5 heteroatoms. The number of hydrogen-bond acceptors (Lipinski definition) is 3. The lowest BCUT2D eigenvalue weighted by Gasteiger charge is -1.97. The maximum Gasteiger partial charge on any atom is 0.227 e. The van der Waals surface area contributed by atoms with Crippen LogP contribution in [-0.4, -0.2) is 15.1 Å². The highest BCUT2D eigenvalue weighted by atomic mass is 32.2. The quantitative estimate of drug-likeness (QED) is 0.724. The molecule has 2 aromatic carbocycles. The number of hydrogen-bond donors (Lipinski definition) is 1. The minimum absolute atomic E-state index is 0.168. The topological polar surface area (TPSA) is 45.8 Å². The summed E-state index contributed by atoms with van der Waals surface area (Å²) in [5, 5.41) is 0.370. The van der Waals surface area contributed by atoms with Gasteiger partial charge in [-0.25, -0.2) is 9.37 Å². The molecule has 3 nitrogen and oxygen atoms in total. The van der Waals surface area contributed by atoms with E-state index in [9.17, 15) is 9.18 Å². The Morgan fingerprint density at radius 1 is 1.11 bits per heavy atom. The van der Waals surface area contributed by atoms with Gasteiger partial charge >= 0.3 is 0 Å². The van der Waals surface area contributed by atoms with Crippen LogP contribution in [0.15, 0.2) is 53.7 Å². The second-order valence-corrected chi connectivity index (χ2v) is 4.92. The number of benzene rings is 2. The maximum absolute atomic E-state index is 12.8. The summed E-state index contributed by atoms with van der Waals surface area (Å²) in [6.45, 7) is 0. The molecule has 0 saturated heterocycles. The average Bonchev–Trinajstić information content (AvgIpc) is 2.81. The van der Waals surface area contributed by atoms with Crippen molar-refractivity contribution in [1.82, 2.24) is 9.97 Å². The summed E-state index contributed by atoms with van der Waals surface area (Å²) in [6.07, 6.45) is 0. The Morgan fingerprint density at radius 3 is 2.58 bits per heavy atom. The highest BCUT2D eigenvalue weighted by molar-refractivity contribution is 8.14. The number of aromatic amines is 1. The minimum Gasteiger partial charge on any atom is -0.333 e. The molecular formula is C14H9FN2OS.